The molecular formula is C21H19Cl2N3O3. The maximum Gasteiger partial charge on any atom is 0.263 e. The van der Waals surface area contributed by atoms with Crippen LogP contribution in [-0.2, 0) is 4.79 Å². The van der Waals surface area contributed by atoms with Gasteiger partial charge in [-0.1, -0.05) is 35.3 Å². The van der Waals surface area contributed by atoms with E-state index in [1.165, 1.54) is 0 Å². The van der Waals surface area contributed by atoms with Crippen LogP contribution in [-0.4, -0.2) is 53.9 Å². The number of hydrogen-bond donors (Lipinski definition) is 0. The van der Waals surface area contributed by atoms with E-state index in [-0.39, 0.29) is 11.8 Å². The van der Waals surface area contributed by atoms with Gasteiger partial charge >= 0.3 is 0 Å². The monoisotopic (exact) mass is 431 g/mol. The number of nitriles is 1. The Kier molecular flexibility index (Phi) is 6.63. The van der Waals surface area contributed by atoms with Gasteiger partial charge in [0.15, 0.2) is 6.10 Å². The van der Waals surface area contributed by atoms with Gasteiger partial charge in [-0.05, 0) is 37.3 Å². The van der Waals surface area contributed by atoms with E-state index >= 15 is 0 Å². The number of carbonyl (C=O) groups excluding carboxylic acids is 2. The average Bonchev–Trinajstić information content (AvgIpc) is 2.72. The first-order valence-electron chi connectivity index (χ1n) is 9.09. The van der Waals surface area contributed by atoms with Gasteiger partial charge in [0.25, 0.3) is 11.8 Å². The van der Waals surface area contributed by atoms with Crippen molar-refractivity contribution in [2.75, 3.05) is 26.2 Å². The summed E-state index contributed by atoms with van der Waals surface area (Å²) in [6, 6.07) is 13.6. The second-order valence-corrected chi connectivity index (χ2v) is 7.52. The lowest BCUT2D eigenvalue weighted by Crippen LogP contribution is -2.53. The number of piperazine rings is 1. The summed E-state index contributed by atoms with van der Waals surface area (Å²) in [5, 5.41) is 9.95. The van der Waals surface area contributed by atoms with E-state index < -0.39 is 6.10 Å². The summed E-state index contributed by atoms with van der Waals surface area (Å²) in [5.74, 6) is 0.0203. The van der Waals surface area contributed by atoms with Gasteiger partial charge < -0.3 is 14.5 Å². The molecule has 3 rings (SSSR count). The number of nitrogens with zero attached hydrogens (tertiary/aromatic N) is 3. The van der Waals surface area contributed by atoms with E-state index in [2.05, 4.69) is 0 Å². The van der Waals surface area contributed by atoms with Crippen molar-refractivity contribution in [3.05, 3.63) is 63.6 Å². The first-order valence-corrected chi connectivity index (χ1v) is 9.84. The molecule has 1 saturated heterocycles. The zero-order valence-electron chi connectivity index (χ0n) is 15.8. The fraction of sp³-hybridized carbons (Fsp3) is 0.286. The molecule has 150 valence electrons. The van der Waals surface area contributed by atoms with Crippen molar-refractivity contribution >= 4 is 35.0 Å². The highest BCUT2D eigenvalue weighted by Crippen LogP contribution is 2.22. The van der Waals surface area contributed by atoms with Gasteiger partial charge in [0.1, 0.15) is 11.8 Å². The maximum absolute atomic E-state index is 12.7. The lowest BCUT2D eigenvalue weighted by atomic mass is 10.1. The molecule has 1 fully saturated rings. The van der Waals surface area contributed by atoms with Gasteiger partial charge in [0, 0.05) is 41.8 Å². The summed E-state index contributed by atoms with van der Waals surface area (Å²) in [7, 11) is 0. The third kappa shape index (κ3) is 5.00. The molecule has 0 radical (unpaired) electrons. The number of halogens is 2. The molecule has 1 atom stereocenters. The molecule has 1 aliphatic heterocycles. The van der Waals surface area contributed by atoms with Crippen molar-refractivity contribution in [1.82, 2.24) is 9.80 Å². The molecule has 0 aromatic heterocycles. The summed E-state index contributed by atoms with van der Waals surface area (Å²) in [5.41, 5.74) is 0.801. The smallest absolute Gasteiger partial charge is 0.263 e. The van der Waals surface area contributed by atoms with Gasteiger partial charge in [-0.15, -0.1) is 0 Å². The van der Waals surface area contributed by atoms with E-state index in [0.717, 1.165) is 0 Å². The topological polar surface area (TPSA) is 73.6 Å². The van der Waals surface area contributed by atoms with Gasteiger partial charge in [0.05, 0.1) is 5.56 Å². The van der Waals surface area contributed by atoms with Crippen LogP contribution in [0.1, 0.15) is 22.8 Å². The Morgan fingerprint density at radius 2 is 1.62 bits per heavy atom. The summed E-state index contributed by atoms with van der Waals surface area (Å²) in [6.07, 6.45) is -0.738. The normalized spacial score (nSPS) is 14.8. The number of para-hydroxylation sites is 1. The molecule has 2 aromatic carbocycles. The molecule has 0 bridgehead atoms. The lowest BCUT2D eigenvalue weighted by Gasteiger charge is -2.36. The zero-order chi connectivity index (χ0) is 21.0. The van der Waals surface area contributed by atoms with Crippen LogP contribution in [0, 0.1) is 11.3 Å². The second-order valence-electron chi connectivity index (χ2n) is 6.64. The molecule has 1 aliphatic rings. The Balaban J connectivity index is 1.59. The Bertz CT molecular complexity index is 946. The van der Waals surface area contributed by atoms with Gasteiger partial charge in [-0.3, -0.25) is 9.59 Å². The molecule has 1 unspecified atom stereocenters. The van der Waals surface area contributed by atoms with Crippen LogP contribution in [0.3, 0.4) is 0 Å². The first-order chi connectivity index (χ1) is 13.9. The van der Waals surface area contributed by atoms with Crippen LogP contribution in [0.5, 0.6) is 5.75 Å². The standard InChI is InChI=1S/C21H19Cl2N3O3/c1-14(29-19-5-3-2-4-15(19)13-24)20(27)25-6-8-26(9-7-25)21(28)16-10-17(22)12-18(23)11-16/h2-5,10-12,14H,6-9H2,1H3. The lowest BCUT2D eigenvalue weighted by molar-refractivity contribution is -0.139. The predicted molar refractivity (Wildman–Crippen MR) is 110 cm³/mol. The van der Waals surface area contributed by atoms with Crippen LogP contribution in [0.4, 0.5) is 0 Å². The van der Waals surface area contributed by atoms with Gasteiger partial charge in [-0.25, -0.2) is 0 Å². The quantitative estimate of drug-likeness (QED) is 0.740. The largest absolute Gasteiger partial charge is 0.480 e. The molecule has 0 aliphatic carbocycles. The Morgan fingerprint density at radius 3 is 2.24 bits per heavy atom. The van der Waals surface area contributed by atoms with Gasteiger partial charge in [-0.2, -0.15) is 5.26 Å². The van der Waals surface area contributed by atoms with Crippen molar-refractivity contribution < 1.29 is 14.3 Å². The van der Waals surface area contributed by atoms with Crippen molar-refractivity contribution in [2.45, 2.75) is 13.0 Å². The molecule has 8 heteroatoms. The van der Waals surface area contributed by atoms with E-state index in [0.29, 0.717) is 53.1 Å². The van der Waals surface area contributed by atoms with Crippen molar-refractivity contribution in [1.29, 1.82) is 5.26 Å². The Morgan fingerprint density at radius 1 is 1.03 bits per heavy atom. The minimum atomic E-state index is -0.738. The van der Waals surface area contributed by atoms with Crippen LogP contribution >= 0.6 is 23.2 Å². The zero-order valence-corrected chi connectivity index (χ0v) is 17.3. The number of rotatable bonds is 4. The summed E-state index contributed by atoms with van der Waals surface area (Å²) in [4.78, 5) is 28.7. The van der Waals surface area contributed by atoms with Crippen LogP contribution in [0.25, 0.3) is 0 Å². The fourth-order valence-corrected chi connectivity index (χ4v) is 3.68. The second kappa shape index (κ2) is 9.17. The van der Waals surface area contributed by atoms with Crippen LogP contribution in [0.15, 0.2) is 42.5 Å². The van der Waals surface area contributed by atoms with E-state index in [1.807, 2.05) is 6.07 Å². The molecule has 0 N–H and O–H groups in total. The van der Waals surface area contributed by atoms with Crippen molar-refractivity contribution in [3.63, 3.8) is 0 Å². The fourth-order valence-electron chi connectivity index (χ4n) is 3.15. The average molecular weight is 432 g/mol. The van der Waals surface area contributed by atoms with Crippen molar-refractivity contribution in [2.24, 2.45) is 0 Å². The number of amides is 2. The summed E-state index contributed by atoms with van der Waals surface area (Å²) < 4.78 is 5.70. The highest BCUT2D eigenvalue weighted by atomic mass is 35.5. The number of ether oxygens (including phenoxy) is 1. The predicted octanol–water partition coefficient (Wildman–Crippen LogP) is 3.62. The van der Waals surface area contributed by atoms with E-state index in [1.54, 1.807) is 59.2 Å². The molecule has 2 amide bonds. The third-order valence-electron chi connectivity index (χ3n) is 4.65. The molecule has 0 saturated carbocycles. The molecular weight excluding hydrogens is 413 g/mol. The molecule has 6 nitrogen and oxygen atoms in total. The van der Waals surface area contributed by atoms with E-state index in [4.69, 9.17) is 33.2 Å². The van der Waals surface area contributed by atoms with Crippen LogP contribution in [0.2, 0.25) is 10.0 Å². The third-order valence-corrected chi connectivity index (χ3v) is 5.08. The maximum atomic E-state index is 12.7. The summed E-state index contributed by atoms with van der Waals surface area (Å²) in [6.45, 7) is 3.24. The molecule has 2 aromatic rings. The van der Waals surface area contributed by atoms with Crippen LogP contribution < -0.4 is 4.74 Å². The molecule has 0 spiro atoms. The first kappa shape index (κ1) is 21.0. The van der Waals surface area contributed by atoms with Gasteiger partial charge in [0.2, 0.25) is 0 Å². The minimum absolute atomic E-state index is 0.172. The van der Waals surface area contributed by atoms with Crippen molar-refractivity contribution in [3.8, 4) is 11.8 Å². The number of carbonyl (C=O) groups is 2. The Labute approximate surface area is 179 Å². The highest BCUT2D eigenvalue weighted by Gasteiger charge is 2.28. The molecule has 1 heterocycles. The Hall–Kier alpha value is -2.75. The number of benzene rings is 2. The summed E-state index contributed by atoms with van der Waals surface area (Å²) >= 11 is 12.0. The SMILES string of the molecule is CC(Oc1ccccc1C#N)C(=O)N1CCN(C(=O)c2cc(Cl)cc(Cl)c2)CC1. The molecule has 29 heavy (non-hydrogen) atoms. The number of hydrogen-bond acceptors (Lipinski definition) is 4. The van der Waals surface area contributed by atoms with E-state index in [9.17, 15) is 9.59 Å². The minimum Gasteiger partial charge on any atom is -0.480 e. The highest BCUT2D eigenvalue weighted by molar-refractivity contribution is 6.35.